The van der Waals surface area contributed by atoms with Crippen LogP contribution in [0.2, 0.25) is 0 Å². The average Bonchev–Trinajstić information content (AvgIpc) is 3.12. The van der Waals surface area contributed by atoms with E-state index >= 15 is 0 Å². The Bertz CT molecular complexity index is 1440. The molecule has 3 aliphatic heterocycles. The van der Waals surface area contributed by atoms with E-state index in [2.05, 4.69) is 40.3 Å². The first kappa shape index (κ1) is 45.0. The molecule has 310 valence electrons. The highest BCUT2D eigenvalue weighted by molar-refractivity contribution is 6.39. The lowest BCUT2D eigenvalue weighted by molar-refractivity contribution is -0.276. The van der Waals surface area contributed by atoms with E-state index in [1.165, 1.54) is 4.90 Å². The Kier molecular flexibility index (Phi) is 16.1. The summed E-state index contributed by atoms with van der Waals surface area (Å²) in [6, 6.07) is -1.07. The van der Waals surface area contributed by atoms with Crippen LogP contribution < -0.4 is 0 Å². The van der Waals surface area contributed by atoms with Gasteiger partial charge in [-0.15, -0.1) is 6.58 Å². The predicted molar refractivity (Wildman–Crippen MR) is 212 cm³/mol. The zero-order chi connectivity index (χ0) is 40.8. The van der Waals surface area contributed by atoms with Crippen molar-refractivity contribution in [2.45, 2.75) is 169 Å². The van der Waals surface area contributed by atoms with Gasteiger partial charge in [0, 0.05) is 24.8 Å². The number of hydrogen-bond donors (Lipinski definition) is 3. The summed E-state index contributed by atoms with van der Waals surface area (Å²) in [6.45, 7) is 19.9. The molecule has 0 aromatic carbocycles. The summed E-state index contributed by atoms with van der Waals surface area (Å²) >= 11 is 0. The third-order valence-electron chi connectivity index (χ3n) is 13.2. The Morgan fingerprint density at radius 1 is 0.891 bits per heavy atom. The monoisotopic (exact) mass is 770 g/mol. The minimum atomic E-state index is -2.32. The Labute approximate surface area is 330 Å². The van der Waals surface area contributed by atoms with Crippen molar-refractivity contribution in [2.75, 3.05) is 6.54 Å². The van der Waals surface area contributed by atoms with Crippen molar-refractivity contribution in [1.82, 2.24) is 4.90 Å². The number of aliphatic hydroxyl groups excluding tert-OH is 2. The number of ketones is 2. The Morgan fingerprint density at radius 2 is 1.58 bits per heavy atom. The molecular formula is C45H71NO9. The number of cyclic esters (lactones) is 1. The summed E-state index contributed by atoms with van der Waals surface area (Å²) in [7, 11) is 0. The molecular weight excluding hydrogens is 698 g/mol. The van der Waals surface area contributed by atoms with Gasteiger partial charge in [-0.25, -0.2) is 4.79 Å². The van der Waals surface area contributed by atoms with Crippen LogP contribution in [0.1, 0.15) is 132 Å². The van der Waals surface area contributed by atoms with Crippen molar-refractivity contribution in [2.24, 2.45) is 47.3 Å². The van der Waals surface area contributed by atoms with Crippen LogP contribution in [0, 0.1) is 47.3 Å². The number of allylic oxidation sites excluding steroid dienone is 4. The highest BCUT2D eigenvalue weighted by atomic mass is 16.6. The van der Waals surface area contributed by atoms with E-state index in [1.54, 1.807) is 19.9 Å². The minimum absolute atomic E-state index is 0.0565. The summed E-state index contributed by atoms with van der Waals surface area (Å²) < 4.78 is 12.6. The molecule has 0 aromatic heterocycles. The highest BCUT2D eigenvalue weighted by Crippen LogP contribution is 2.40. The summed E-state index contributed by atoms with van der Waals surface area (Å²) in [5.41, 5.74) is 1.32. The molecule has 0 radical (unpaired) electrons. The van der Waals surface area contributed by atoms with Crippen molar-refractivity contribution in [1.29, 1.82) is 0 Å². The van der Waals surface area contributed by atoms with E-state index in [-0.39, 0.29) is 60.9 Å². The predicted octanol–water partition coefficient (Wildman–Crippen LogP) is 6.89. The number of hydrogen-bond acceptors (Lipinski definition) is 9. The second-order valence-corrected chi connectivity index (χ2v) is 18.3. The minimum Gasteiger partial charge on any atom is -0.456 e. The number of esters is 1. The van der Waals surface area contributed by atoms with Crippen LogP contribution in [0.25, 0.3) is 0 Å². The van der Waals surface area contributed by atoms with Crippen LogP contribution in [0.15, 0.2) is 36.0 Å². The normalized spacial score (nSPS) is 42.2. The lowest BCUT2D eigenvalue weighted by atomic mass is 9.78. The average molecular weight is 770 g/mol. The zero-order valence-corrected chi connectivity index (χ0v) is 34.9. The third kappa shape index (κ3) is 11.3. The van der Waals surface area contributed by atoms with Gasteiger partial charge in [0.2, 0.25) is 5.79 Å². The summed E-state index contributed by atoms with van der Waals surface area (Å²) in [6.07, 6.45) is 9.59. The van der Waals surface area contributed by atoms with Crippen LogP contribution in [0.5, 0.6) is 0 Å². The highest BCUT2D eigenvalue weighted by Gasteiger charge is 2.54. The second kappa shape index (κ2) is 19.7. The van der Waals surface area contributed by atoms with E-state index in [4.69, 9.17) is 9.47 Å². The molecule has 2 bridgehead atoms. The third-order valence-corrected chi connectivity index (χ3v) is 13.2. The molecule has 0 spiro atoms. The number of rotatable bonds is 4. The molecule has 10 nitrogen and oxygen atoms in total. The van der Waals surface area contributed by atoms with Crippen LogP contribution in [-0.2, 0) is 28.7 Å². The number of amides is 1. The number of fused-ring (bicyclic) bond motifs is 3. The first-order chi connectivity index (χ1) is 25.9. The lowest BCUT2D eigenvalue weighted by Gasteiger charge is -2.45. The van der Waals surface area contributed by atoms with Gasteiger partial charge in [0.15, 0.2) is 5.78 Å². The molecule has 14 atom stereocenters. The van der Waals surface area contributed by atoms with Gasteiger partial charge in [0.25, 0.3) is 11.7 Å². The van der Waals surface area contributed by atoms with Gasteiger partial charge in [-0.05, 0) is 124 Å². The first-order valence-corrected chi connectivity index (χ1v) is 21.2. The van der Waals surface area contributed by atoms with Crippen molar-refractivity contribution in [3.63, 3.8) is 0 Å². The van der Waals surface area contributed by atoms with Gasteiger partial charge in [-0.3, -0.25) is 14.4 Å². The number of nitrogens with zero attached hydrogens (tertiary/aromatic N) is 1. The van der Waals surface area contributed by atoms with E-state index in [0.29, 0.717) is 50.0 Å². The molecule has 3 heterocycles. The van der Waals surface area contributed by atoms with Crippen molar-refractivity contribution >= 4 is 23.4 Å². The Balaban J connectivity index is 1.74. The van der Waals surface area contributed by atoms with Gasteiger partial charge >= 0.3 is 5.97 Å². The van der Waals surface area contributed by atoms with Gasteiger partial charge in [0.1, 0.15) is 12.1 Å². The zero-order valence-electron chi connectivity index (χ0n) is 34.9. The van der Waals surface area contributed by atoms with Gasteiger partial charge in [-0.1, -0.05) is 66.7 Å². The van der Waals surface area contributed by atoms with Crippen molar-refractivity contribution in [3.05, 3.63) is 36.0 Å². The quantitative estimate of drug-likeness (QED) is 0.158. The van der Waals surface area contributed by atoms with Crippen LogP contribution >= 0.6 is 0 Å². The topological polar surface area (TPSA) is 151 Å². The number of aliphatic hydroxyl groups is 3. The van der Waals surface area contributed by atoms with Gasteiger partial charge in [0.05, 0.1) is 18.3 Å². The molecule has 1 aliphatic carbocycles. The van der Waals surface area contributed by atoms with Gasteiger partial charge in [-0.2, -0.15) is 0 Å². The number of carbonyl (C=O) groups is 4. The molecule has 10 heteroatoms. The first-order valence-electron chi connectivity index (χ1n) is 21.2. The smallest absolute Gasteiger partial charge is 0.329 e. The molecule has 0 aromatic rings. The molecule has 2 unspecified atom stereocenters. The number of piperidine rings is 1. The fraction of sp³-hybridized carbons (Fsp3) is 0.778. The van der Waals surface area contributed by atoms with Crippen LogP contribution in [0.3, 0.4) is 0 Å². The van der Waals surface area contributed by atoms with E-state index in [0.717, 1.165) is 31.3 Å². The van der Waals surface area contributed by atoms with Crippen molar-refractivity contribution < 1.29 is 44.0 Å². The fourth-order valence-electron chi connectivity index (χ4n) is 9.91. The molecule has 4 aliphatic rings. The Morgan fingerprint density at radius 3 is 2.25 bits per heavy atom. The SMILES string of the molecule is C=CC/C1=C\C(C)C[C@H](C)C[C@H](C)CC2O[C@@](O)(C(=O)C(=O)N3CCCC[C@H]3C(=O)O[C@H](C(C)=C[C@@H]3CC[C@@H](O)[C@H](C)C3)[C@H](C)[C@@H](O)CC1=O)[C@H](C)C[C@@H]2C. The molecule has 55 heavy (non-hydrogen) atoms. The second-order valence-electron chi connectivity index (χ2n) is 18.3. The number of ether oxygens (including phenoxy) is 2. The molecule has 1 saturated carbocycles. The largest absolute Gasteiger partial charge is 0.456 e. The summed E-state index contributed by atoms with van der Waals surface area (Å²) in [5.74, 6) is -5.65. The molecule has 2 saturated heterocycles. The molecule has 4 rings (SSSR count). The van der Waals surface area contributed by atoms with Crippen LogP contribution in [0.4, 0.5) is 0 Å². The summed E-state index contributed by atoms with van der Waals surface area (Å²) in [4.78, 5) is 57.5. The van der Waals surface area contributed by atoms with E-state index in [9.17, 15) is 34.5 Å². The lowest BCUT2D eigenvalue weighted by Crippen LogP contribution is -2.61. The molecule has 1 amide bonds. The maximum absolute atomic E-state index is 14.3. The standard InChI is InChI=1S/C45H71NO9/c1-10-13-35-20-27(3)18-26(2)19-28(4)21-40-30(6)22-32(8)45(53,55-40)42(50)43(51)46-17-12-11-14-36(46)44(52)54-41(33(9)38(48)25-39(35)49)31(7)24-34-15-16-37(47)29(5)23-34/h10,20,24,26-30,32-34,36-38,40-41,47-48,53H,1,11-19,21-23,25H2,2-9H3/b31-24?,35-20+/t26-,27?,28-,29+,30-,32+,33+,34+,36-,37+,38-,40?,41+,45+/m0/s1. The fourth-order valence-corrected chi connectivity index (χ4v) is 9.91. The number of Topliss-reactive ketones (excluding diaryl/α,β-unsaturated/α-hetero) is 2. The maximum atomic E-state index is 14.3. The van der Waals surface area contributed by atoms with Crippen LogP contribution in [-0.4, -0.2) is 86.5 Å². The molecule has 3 N–H and O–H groups in total. The van der Waals surface area contributed by atoms with Gasteiger partial charge < -0.3 is 29.7 Å². The van der Waals surface area contributed by atoms with Crippen molar-refractivity contribution in [3.8, 4) is 0 Å². The number of carbonyl (C=O) groups excluding carboxylic acids is 4. The summed E-state index contributed by atoms with van der Waals surface area (Å²) in [5, 5.41) is 33.9. The van der Waals surface area contributed by atoms with E-state index in [1.807, 2.05) is 19.9 Å². The molecule has 3 fully saturated rings. The van der Waals surface area contributed by atoms with E-state index < -0.39 is 59.6 Å². The Hall–Kier alpha value is -2.66. The maximum Gasteiger partial charge on any atom is 0.329 e.